The van der Waals surface area contributed by atoms with Gasteiger partial charge in [0.2, 0.25) is 0 Å². The van der Waals surface area contributed by atoms with Gasteiger partial charge in [-0.1, -0.05) is 30.3 Å². The number of hydrogen-bond acceptors (Lipinski definition) is 4. The van der Waals surface area contributed by atoms with Crippen LogP contribution in [0.1, 0.15) is 6.92 Å². The van der Waals surface area contributed by atoms with Crippen LogP contribution in [0.15, 0.2) is 78.5 Å². The van der Waals surface area contributed by atoms with E-state index in [9.17, 15) is 21.6 Å². The van der Waals surface area contributed by atoms with Crippen molar-refractivity contribution in [1.29, 1.82) is 0 Å². The lowest BCUT2D eigenvalue weighted by molar-refractivity contribution is -0.106. The first-order valence-electron chi connectivity index (χ1n) is 9.19. The fourth-order valence-electron chi connectivity index (χ4n) is 3.42. The first kappa shape index (κ1) is 22.1. The van der Waals surface area contributed by atoms with Crippen molar-refractivity contribution in [3.63, 3.8) is 0 Å². The molecule has 0 saturated carbocycles. The molecule has 2 aromatic rings. The van der Waals surface area contributed by atoms with E-state index in [1.165, 1.54) is 18.3 Å². The van der Waals surface area contributed by atoms with Crippen LogP contribution in [0.25, 0.3) is 0 Å². The summed E-state index contributed by atoms with van der Waals surface area (Å²) in [6.07, 6.45) is -0.414. The molecule has 0 aromatic heterocycles. The number of halogens is 3. The monoisotopic (exact) mass is 439 g/mol. The fraction of sp³-hybridized carbons (Fsp3) is 0.238. The Morgan fingerprint density at radius 1 is 1.07 bits per heavy atom. The third-order valence-corrected chi connectivity index (χ3v) is 7.06. The summed E-state index contributed by atoms with van der Waals surface area (Å²) in [7, 11) is -4.76. The maximum Gasteiger partial charge on any atom is 0.408 e. The normalized spacial score (nSPS) is 21.9. The highest BCUT2D eigenvalue weighted by Gasteiger charge is 2.53. The van der Waals surface area contributed by atoms with Crippen molar-refractivity contribution in [3.05, 3.63) is 78.5 Å². The number of sulfonamides is 1. The number of para-hydroxylation sites is 1. The minimum atomic E-state index is -4.89. The molecule has 160 valence electrons. The van der Waals surface area contributed by atoms with Crippen LogP contribution in [0.5, 0.6) is 11.5 Å². The van der Waals surface area contributed by atoms with E-state index in [0.29, 0.717) is 17.1 Å². The molecule has 5 nitrogen and oxygen atoms in total. The molecule has 0 radical (unpaired) electrons. The second kappa shape index (κ2) is 8.25. The van der Waals surface area contributed by atoms with Gasteiger partial charge in [0.15, 0.2) is 11.4 Å². The predicted octanol–water partition coefficient (Wildman–Crippen LogP) is 4.48. The third-order valence-electron chi connectivity index (χ3n) is 4.79. The second-order valence-corrected chi connectivity index (χ2v) is 9.03. The van der Waals surface area contributed by atoms with Gasteiger partial charge in [-0.2, -0.15) is 25.5 Å². The summed E-state index contributed by atoms with van der Waals surface area (Å²) in [6.45, 7) is 1.55. The van der Waals surface area contributed by atoms with Gasteiger partial charge in [-0.25, -0.2) is 0 Å². The third kappa shape index (κ3) is 4.43. The van der Waals surface area contributed by atoms with Crippen LogP contribution >= 0.6 is 0 Å². The summed E-state index contributed by atoms with van der Waals surface area (Å²) in [4.78, 5) is 0. The number of nitrogens with zero attached hydrogens (tertiary/aromatic N) is 1. The minimum Gasteiger partial charge on any atom is -0.457 e. The van der Waals surface area contributed by atoms with Gasteiger partial charge >= 0.3 is 16.2 Å². The summed E-state index contributed by atoms with van der Waals surface area (Å²) in [5.74, 6) is -1.14. The molecule has 0 saturated heterocycles. The standard InChI is InChI=1S/C21H22F3N2O3S/c1-16-10-11-17(13-25)14-26(16,30(27,28)15-21(22,23)24)18-6-5-9-20(12-18)29-19-7-3-2-4-8-19/h2-12,14,16H,13,15,25H2,1H3/q+1. The van der Waals surface area contributed by atoms with Crippen molar-refractivity contribution in [3.8, 4) is 11.5 Å². The maximum atomic E-state index is 13.2. The molecule has 0 bridgehead atoms. The van der Waals surface area contributed by atoms with Crippen molar-refractivity contribution >= 4 is 15.7 Å². The quantitative estimate of drug-likeness (QED) is 0.674. The molecule has 2 N–H and O–H groups in total. The summed E-state index contributed by atoms with van der Waals surface area (Å²) in [5.41, 5.74) is 6.24. The number of rotatable bonds is 6. The van der Waals surface area contributed by atoms with Crippen molar-refractivity contribution in [2.75, 3.05) is 12.3 Å². The van der Waals surface area contributed by atoms with Crippen LogP contribution in [0.4, 0.5) is 18.9 Å². The molecule has 0 aliphatic carbocycles. The molecule has 2 unspecified atom stereocenters. The summed E-state index contributed by atoms with van der Waals surface area (Å²) >= 11 is 0. The van der Waals surface area contributed by atoms with E-state index in [-0.39, 0.29) is 12.2 Å². The van der Waals surface area contributed by atoms with E-state index in [1.54, 1.807) is 55.5 Å². The van der Waals surface area contributed by atoms with Gasteiger partial charge in [-0.3, -0.25) is 0 Å². The highest BCUT2D eigenvalue weighted by molar-refractivity contribution is 7.91. The lowest BCUT2D eigenvalue weighted by Crippen LogP contribution is -2.58. The van der Waals surface area contributed by atoms with E-state index >= 15 is 0 Å². The molecular formula is C21H22F3N2O3S+. The van der Waals surface area contributed by atoms with Crippen molar-refractivity contribution < 1.29 is 26.3 Å². The van der Waals surface area contributed by atoms with E-state index in [4.69, 9.17) is 10.5 Å². The molecule has 2 aromatic carbocycles. The first-order valence-corrected chi connectivity index (χ1v) is 10.8. The number of ether oxygens (including phenoxy) is 1. The van der Waals surface area contributed by atoms with Gasteiger partial charge in [-0.15, -0.1) is 0 Å². The number of quaternary nitrogens is 1. The molecule has 0 amide bonds. The molecule has 2 atom stereocenters. The molecule has 0 fully saturated rings. The molecule has 1 heterocycles. The van der Waals surface area contributed by atoms with Gasteiger partial charge < -0.3 is 10.5 Å². The van der Waals surface area contributed by atoms with Gasteiger partial charge in [0.1, 0.15) is 23.7 Å². The average Bonchev–Trinajstić information content (AvgIpc) is 2.67. The fourth-order valence-corrected chi connectivity index (χ4v) is 5.36. The Morgan fingerprint density at radius 2 is 1.73 bits per heavy atom. The van der Waals surface area contributed by atoms with Crippen molar-refractivity contribution in [2.24, 2.45) is 5.73 Å². The Balaban J connectivity index is 2.16. The number of alkyl halides is 3. The van der Waals surface area contributed by atoms with Crippen molar-refractivity contribution in [1.82, 2.24) is 3.89 Å². The van der Waals surface area contributed by atoms with E-state index in [1.807, 2.05) is 6.07 Å². The van der Waals surface area contributed by atoms with Crippen molar-refractivity contribution in [2.45, 2.75) is 19.1 Å². The molecule has 1 aliphatic rings. The zero-order valence-electron chi connectivity index (χ0n) is 16.2. The lowest BCUT2D eigenvalue weighted by atomic mass is 10.1. The Kier molecular flexibility index (Phi) is 6.07. The van der Waals surface area contributed by atoms with Crippen LogP contribution in [-0.2, 0) is 10.0 Å². The Labute approximate surface area is 173 Å². The SMILES string of the molecule is CC1C=CC(CN)=C[N+]1(c1cccc(Oc2ccccc2)c1)S(=O)(=O)CC(F)(F)F. The summed E-state index contributed by atoms with van der Waals surface area (Å²) in [5, 5.41) is 0. The molecule has 1 aliphatic heterocycles. The summed E-state index contributed by atoms with van der Waals surface area (Å²) in [6, 6.07) is 14.1. The Hall–Kier alpha value is -2.62. The van der Waals surface area contributed by atoms with Crippen LogP contribution < -0.4 is 14.4 Å². The highest BCUT2D eigenvalue weighted by atomic mass is 32.2. The van der Waals surface area contributed by atoms with Crippen LogP contribution in [-0.4, -0.2) is 32.9 Å². The van der Waals surface area contributed by atoms with Crippen LogP contribution in [0.2, 0.25) is 0 Å². The molecule has 9 heteroatoms. The minimum absolute atomic E-state index is 0.00896. The van der Waals surface area contributed by atoms with Gasteiger partial charge in [-0.05, 0) is 31.2 Å². The van der Waals surface area contributed by atoms with Crippen LogP contribution in [0, 0.1) is 0 Å². The zero-order valence-corrected chi connectivity index (χ0v) is 17.0. The van der Waals surface area contributed by atoms with Gasteiger partial charge in [0, 0.05) is 24.3 Å². The molecule has 30 heavy (non-hydrogen) atoms. The molecule has 0 spiro atoms. The van der Waals surface area contributed by atoms with Crippen LogP contribution in [0.3, 0.4) is 0 Å². The molecular weight excluding hydrogens is 417 g/mol. The van der Waals surface area contributed by atoms with Gasteiger partial charge in [0.25, 0.3) is 0 Å². The summed E-state index contributed by atoms with van der Waals surface area (Å²) < 4.78 is 70.6. The molecule has 3 rings (SSSR count). The largest absolute Gasteiger partial charge is 0.457 e. The smallest absolute Gasteiger partial charge is 0.408 e. The predicted molar refractivity (Wildman–Crippen MR) is 110 cm³/mol. The first-order chi connectivity index (χ1) is 14.1. The highest BCUT2D eigenvalue weighted by Crippen LogP contribution is 2.40. The Bertz CT molecular complexity index is 1070. The maximum absolute atomic E-state index is 13.2. The average molecular weight is 439 g/mol. The topological polar surface area (TPSA) is 69.4 Å². The lowest BCUT2D eigenvalue weighted by Gasteiger charge is -2.39. The second-order valence-electron chi connectivity index (χ2n) is 6.97. The van der Waals surface area contributed by atoms with E-state index in [2.05, 4.69) is 0 Å². The van der Waals surface area contributed by atoms with E-state index < -0.39 is 31.9 Å². The van der Waals surface area contributed by atoms with E-state index in [0.717, 1.165) is 0 Å². The van der Waals surface area contributed by atoms with Gasteiger partial charge in [0.05, 0.1) is 0 Å². The number of hydrogen-bond donors (Lipinski definition) is 1. The number of nitrogens with two attached hydrogens (primary N) is 1. The number of benzene rings is 2. The zero-order chi connectivity index (χ0) is 22.0. The Morgan fingerprint density at radius 3 is 2.37 bits per heavy atom.